The third kappa shape index (κ3) is 2.01. The van der Waals surface area contributed by atoms with Gasteiger partial charge in [0.1, 0.15) is 0 Å². The molecule has 0 aromatic rings. The Kier molecular flexibility index (Phi) is 3.27. The Morgan fingerprint density at radius 1 is 1.47 bits per heavy atom. The fraction of sp³-hybridized carbons (Fsp3) is 1.00. The van der Waals surface area contributed by atoms with Gasteiger partial charge in [0.2, 0.25) is 0 Å². The first-order chi connectivity index (χ1) is 7.85. The highest BCUT2D eigenvalue weighted by Crippen LogP contribution is 2.47. The summed E-state index contributed by atoms with van der Waals surface area (Å²) in [5.74, 6) is 0.234. The number of hydrogen-bond acceptors (Lipinski definition) is 5. The van der Waals surface area contributed by atoms with Gasteiger partial charge in [-0.3, -0.25) is 0 Å². The van der Waals surface area contributed by atoms with Crippen molar-refractivity contribution in [2.24, 2.45) is 17.1 Å². The maximum Gasteiger partial charge on any atom is 0.151 e. The van der Waals surface area contributed by atoms with Gasteiger partial charge >= 0.3 is 0 Å². The molecule has 2 fully saturated rings. The van der Waals surface area contributed by atoms with Crippen LogP contribution in [0, 0.1) is 11.3 Å². The molecule has 3 atom stereocenters. The second-order valence-electron chi connectivity index (χ2n) is 5.61. The van der Waals surface area contributed by atoms with E-state index in [2.05, 4.69) is 5.32 Å². The highest BCUT2D eigenvalue weighted by Gasteiger charge is 2.57. The van der Waals surface area contributed by atoms with E-state index in [-0.39, 0.29) is 24.0 Å². The van der Waals surface area contributed by atoms with Crippen molar-refractivity contribution in [1.82, 2.24) is 5.32 Å². The first-order valence-electron chi connectivity index (χ1n) is 6.19. The van der Waals surface area contributed by atoms with E-state index in [1.165, 1.54) is 0 Å². The molecular formula is C11H22N2O3S. The predicted molar refractivity (Wildman–Crippen MR) is 66.4 cm³/mol. The van der Waals surface area contributed by atoms with Crippen molar-refractivity contribution in [3.05, 3.63) is 0 Å². The fourth-order valence-corrected chi connectivity index (χ4v) is 5.60. The largest absolute Gasteiger partial charge is 0.389 e. The Labute approximate surface area is 103 Å². The number of nitrogens with two attached hydrogens (primary N) is 1. The van der Waals surface area contributed by atoms with Gasteiger partial charge in [-0.1, -0.05) is 6.92 Å². The van der Waals surface area contributed by atoms with Gasteiger partial charge in [0.15, 0.2) is 9.84 Å². The minimum absolute atomic E-state index is 0.0353. The molecule has 0 aliphatic carbocycles. The van der Waals surface area contributed by atoms with Gasteiger partial charge in [0.25, 0.3) is 0 Å². The lowest BCUT2D eigenvalue weighted by molar-refractivity contribution is -0.123. The number of piperidine rings is 1. The van der Waals surface area contributed by atoms with Crippen molar-refractivity contribution in [3.63, 3.8) is 0 Å². The Bertz CT molecular complexity index is 398. The number of aliphatic hydroxyl groups is 1. The van der Waals surface area contributed by atoms with Crippen molar-refractivity contribution >= 4 is 9.84 Å². The molecule has 2 saturated heterocycles. The molecule has 2 heterocycles. The molecular weight excluding hydrogens is 240 g/mol. The van der Waals surface area contributed by atoms with E-state index in [1.54, 1.807) is 0 Å². The second kappa shape index (κ2) is 4.19. The topological polar surface area (TPSA) is 92.4 Å². The second-order valence-corrected chi connectivity index (χ2v) is 7.79. The molecule has 0 amide bonds. The quantitative estimate of drug-likeness (QED) is 0.600. The lowest BCUT2D eigenvalue weighted by Crippen LogP contribution is -2.62. The van der Waals surface area contributed by atoms with Crippen LogP contribution in [0.25, 0.3) is 0 Å². The molecule has 2 aliphatic heterocycles. The summed E-state index contributed by atoms with van der Waals surface area (Å²) in [7, 11) is -3.04. The van der Waals surface area contributed by atoms with Crippen LogP contribution >= 0.6 is 0 Å². The van der Waals surface area contributed by atoms with Crippen LogP contribution in [0.4, 0.5) is 0 Å². The molecule has 2 aliphatic rings. The van der Waals surface area contributed by atoms with Crippen LogP contribution in [0.15, 0.2) is 0 Å². The third-order valence-corrected chi connectivity index (χ3v) is 6.46. The molecule has 4 N–H and O–H groups in total. The summed E-state index contributed by atoms with van der Waals surface area (Å²) in [5, 5.41) is 14.2. The van der Waals surface area contributed by atoms with E-state index >= 15 is 0 Å². The van der Waals surface area contributed by atoms with Crippen LogP contribution in [0.3, 0.4) is 0 Å². The maximum atomic E-state index is 11.7. The molecule has 17 heavy (non-hydrogen) atoms. The Balaban J connectivity index is 2.35. The number of hydrogen-bond donors (Lipinski definition) is 3. The van der Waals surface area contributed by atoms with Crippen LogP contribution < -0.4 is 11.1 Å². The molecule has 0 spiro atoms. The zero-order valence-corrected chi connectivity index (χ0v) is 11.1. The van der Waals surface area contributed by atoms with Crippen LogP contribution in [0.5, 0.6) is 0 Å². The van der Waals surface area contributed by atoms with Gasteiger partial charge in [-0.05, 0) is 25.3 Å². The first-order valence-corrected chi connectivity index (χ1v) is 8.01. The van der Waals surface area contributed by atoms with Crippen LogP contribution in [-0.2, 0) is 9.84 Å². The Morgan fingerprint density at radius 3 is 2.65 bits per heavy atom. The van der Waals surface area contributed by atoms with E-state index in [1.807, 2.05) is 6.92 Å². The summed E-state index contributed by atoms with van der Waals surface area (Å²) in [6, 6.07) is 0. The van der Waals surface area contributed by atoms with Crippen molar-refractivity contribution in [2.75, 3.05) is 31.1 Å². The van der Waals surface area contributed by atoms with Crippen molar-refractivity contribution in [1.29, 1.82) is 0 Å². The smallest absolute Gasteiger partial charge is 0.151 e. The molecule has 100 valence electrons. The molecule has 0 radical (unpaired) electrons. The summed E-state index contributed by atoms with van der Waals surface area (Å²) in [5.41, 5.74) is 4.23. The average Bonchev–Trinajstić information content (AvgIpc) is 2.60. The standard InChI is InChI=1S/C11H22N2O3S/c1-9-6-13-4-2-11(9,14)10(7-12)3-5-17(15,16)8-10/h9,13-14H,2-8,12H2,1H3. The molecule has 0 aromatic carbocycles. The third-order valence-electron chi connectivity index (χ3n) is 4.65. The zero-order valence-electron chi connectivity index (χ0n) is 10.3. The molecule has 5 nitrogen and oxygen atoms in total. The summed E-state index contributed by atoms with van der Waals surface area (Å²) >= 11 is 0. The number of rotatable bonds is 2. The van der Waals surface area contributed by atoms with Gasteiger partial charge in [0.05, 0.1) is 17.1 Å². The molecule has 6 heteroatoms. The van der Waals surface area contributed by atoms with Gasteiger partial charge in [-0.15, -0.1) is 0 Å². The van der Waals surface area contributed by atoms with E-state index in [0.717, 1.165) is 13.1 Å². The fourth-order valence-electron chi connectivity index (χ4n) is 3.40. The SMILES string of the molecule is CC1CNCCC1(O)C1(CN)CCS(=O)(=O)C1. The Morgan fingerprint density at radius 2 is 2.18 bits per heavy atom. The molecule has 0 bridgehead atoms. The molecule has 0 aromatic heterocycles. The van der Waals surface area contributed by atoms with Crippen molar-refractivity contribution in [2.45, 2.75) is 25.4 Å². The maximum absolute atomic E-state index is 11.7. The van der Waals surface area contributed by atoms with Crippen molar-refractivity contribution in [3.8, 4) is 0 Å². The zero-order chi connectivity index (χ0) is 12.7. The Hall–Kier alpha value is -0.170. The highest BCUT2D eigenvalue weighted by molar-refractivity contribution is 7.91. The van der Waals surface area contributed by atoms with Crippen LogP contribution in [0.1, 0.15) is 19.8 Å². The summed E-state index contributed by atoms with van der Waals surface area (Å²) in [6.45, 7) is 3.66. The van der Waals surface area contributed by atoms with Crippen molar-refractivity contribution < 1.29 is 13.5 Å². The summed E-state index contributed by atoms with van der Waals surface area (Å²) in [6.07, 6.45) is 1.08. The van der Waals surface area contributed by atoms with Gasteiger partial charge < -0.3 is 16.2 Å². The monoisotopic (exact) mass is 262 g/mol. The van der Waals surface area contributed by atoms with Gasteiger partial charge in [0, 0.05) is 18.5 Å². The summed E-state index contributed by atoms with van der Waals surface area (Å²) in [4.78, 5) is 0. The molecule has 0 saturated carbocycles. The predicted octanol–water partition coefficient (Wildman–Crippen LogP) is -0.889. The lowest BCUT2D eigenvalue weighted by Gasteiger charge is -2.50. The van der Waals surface area contributed by atoms with E-state index in [0.29, 0.717) is 12.8 Å². The normalized spacial score (nSPS) is 45.9. The average molecular weight is 262 g/mol. The van der Waals surface area contributed by atoms with Crippen LogP contribution in [-0.4, -0.2) is 50.3 Å². The van der Waals surface area contributed by atoms with E-state index in [4.69, 9.17) is 5.73 Å². The minimum atomic E-state index is -3.04. The van der Waals surface area contributed by atoms with E-state index < -0.39 is 20.9 Å². The summed E-state index contributed by atoms with van der Waals surface area (Å²) < 4.78 is 23.4. The minimum Gasteiger partial charge on any atom is -0.389 e. The van der Waals surface area contributed by atoms with Crippen LogP contribution in [0.2, 0.25) is 0 Å². The highest BCUT2D eigenvalue weighted by atomic mass is 32.2. The number of sulfone groups is 1. The number of nitrogens with one attached hydrogen (secondary N) is 1. The molecule has 2 rings (SSSR count). The van der Waals surface area contributed by atoms with Gasteiger partial charge in [-0.25, -0.2) is 8.42 Å². The lowest BCUT2D eigenvalue weighted by atomic mass is 9.63. The molecule has 3 unspecified atom stereocenters. The van der Waals surface area contributed by atoms with Gasteiger partial charge in [-0.2, -0.15) is 0 Å². The van der Waals surface area contributed by atoms with E-state index in [9.17, 15) is 13.5 Å². The first kappa shape index (κ1) is 13.3.